The van der Waals surface area contributed by atoms with Crippen molar-refractivity contribution in [2.45, 2.75) is 57.0 Å². The van der Waals surface area contributed by atoms with E-state index in [1.165, 1.54) is 18.5 Å². The molecule has 2 aromatic rings. The van der Waals surface area contributed by atoms with E-state index in [4.69, 9.17) is 17.3 Å². The van der Waals surface area contributed by atoms with Crippen molar-refractivity contribution < 1.29 is 18.8 Å². The molecule has 0 radical (unpaired) electrons. The zero-order valence-corrected chi connectivity index (χ0v) is 18.8. The maximum absolute atomic E-state index is 13.5. The standard InChI is InChI=1S/C23H25ClFN5O3/c24-16-11-13(25)1-4-17(16)29-10-9-23(22(29)33)7-5-15(6-8-23)30(14-2-3-14)21(32)19-18(20(26)31)27-12-28-19/h1,4,11-12,14-15H,2-3,5-10H2,(H2,26,31)(H,27,28). The first-order valence-corrected chi connectivity index (χ1v) is 11.6. The molecule has 0 atom stereocenters. The highest BCUT2D eigenvalue weighted by molar-refractivity contribution is 6.34. The van der Waals surface area contributed by atoms with Crippen LogP contribution in [0.25, 0.3) is 0 Å². The molecule has 3 amide bonds. The Morgan fingerprint density at radius 1 is 1.18 bits per heavy atom. The van der Waals surface area contributed by atoms with Crippen LogP contribution in [0.2, 0.25) is 5.02 Å². The van der Waals surface area contributed by atoms with Crippen LogP contribution in [-0.4, -0.2) is 51.2 Å². The third-order valence-corrected chi connectivity index (χ3v) is 7.58. The van der Waals surface area contributed by atoms with E-state index in [1.807, 2.05) is 4.90 Å². The molecule has 0 bridgehead atoms. The number of hydrogen-bond donors (Lipinski definition) is 2. The highest BCUT2D eigenvalue weighted by Crippen LogP contribution is 2.49. The van der Waals surface area contributed by atoms with Gasteiger partial charge in [-0.05, 0) is 63.1 Å². The van der Waals surface area contributed by atoms with Crippen molar-refractivity contribution in [2.24, 2.45) is 11.1 Å². The summed E-state index contributed by atoms with van der Waals surface area (Å²) in [6.45, 7) is 0.538. The van der Waals surface area contributed by atoms with Crippen molar-refractivity contribution in [1.82, 2.24) is 14.9 Å². The van der Waals surface area contributed by atoms with Crippen LogP contribution in [-0.2, 0) is 4.79 Å². The molecule has 5 rings (SSSR count). The lowest BCUT2D eigenvalue weighted by Gasteiger charge is -2.41. The van der Waals surface area contributed by atoms with E-state index in [2.05, 4.69) is 9.97 Å². The number of anilines is 1. The Morgan fingerprint density at radius 3 is 2.52 bits per heavy atom. The van der Waals surface area contributed by atoms with Crippen LogP contribution in [0.3, 0.4) is 0 Å². The van der Waals surface area contributed by atoms with Crippen LogP contribution in [0.5, 0.6) is 0 Å². The van der Waals surface area contributed by atoms with Gasteiger partial charge in [0.25, 0.3) is 11.8 Å². The van der Waals surface area contributed by atoms with Gasteiger partial charge in [-0.1, -0.05) is 11.6 Å². The number of nitrogens with zero attached hydrogens (tertiary/aromatic N) is 3. The number of rotatable bonds is 5. The van der Waals surface area contributed by atoms with Crippen LogP contribution < -0.4 is 10.6 Å². The summed E-state index contributed by atoms with van der Waals surface area (Å²) in [6, 6.07) is 4.20. The Hall–Kier alpha value is -2.94. The number of aromatic nitrogens is 2. The molecule has 33 heavy (non-hydrogen) atoms. The van der Waals surface area contributed by atoms with Crippen LogP contribution in [0.4, 0.5) is 10.1 Å². The topological polar surface area (TPSA) is 112 Å². The fourth-order valence-electron chi connectivity index (χ4n) is 5.40. The van der Waals surface area contributed by atoms with Crippen molar-refractivity contribution in [2.75, 3.05) is 11.4 Å². The predicted octanol–water partition coefficient (Wildman–Crippen LogP) is 3.27. The van der Waals surface area contributed by atoms with Gasteiger partial charge < -0.3 is 20.5 Å². The summed E-state index contributed by atoms with van der Waals surface area (Å²) >= 11 is 6.21. The number of nitrogens with two attached hydrogens (primary N) is 1. The summed E-state index contributed by atoms with van der Waals surface area (Å²) in [5.41, 5.74) is 5.51. The molecule has 8 nitrogen and oxygen atoms in total. The number of hydrogen-bond acceptors (Lipinski definition) is 4. The SMILES string of the molecule is NC(=O)c1nc[nH]c1C(=O)N(C1CC1)C1CCC2(CC1)CCN(c1ccc(F)cc1Cl)C2=O. The fourth-order valence-corrected chi connectivity index (χ4v) is 5.67. The van der Waals surface area contributed by atoms with Crippen LogP contribution in [0.1, 0.15) is 65.9 Å². The average molecular weight is 474 g/mol. The van der Waals surface area contributed by atoms with Crippen molar-refractivity contribution in [3.63, 3.8) is 0 Å². The quantitative estimate of drug-likeness (QED) is 0.693. The molecule has 1 aromatic carbocycles. The van der Waals surface area contributed by atoms with E-state index in [-0.39, 0.29) is 40.3 Å². The van der Waals surface area contributed by atoms with Crippen molar-refractivity contribution in [3.8, 4) is 0 Å². The van der Waals surface area contributed by atoms with E-state index in [0.29, 0.717) is 44.3 Å². The van der Waals surface area contributed by atoms with Gasteiger partial charge in [0, 0.05) is 18.6 Å². The van der Waals surface area contributed by atoms with Crippen LogP contribution in [0, 0.1) is 11.2 Å². The van der Waals surface area contributed by atoms with E-state index in [1.54, 1.807) is 11.0 Å². The number of H-pyrrole nitrogens is 1. The van der Waals surface area contributed by atoms with Gasteiger partial charge in [-0.25, -0.2) is 9.37 Å². The van der Waals surface area contributed by atoms with Gasteiger partial charge in [-0.15, -0.1) is 0 Å². The van der Waals surface area contributed by atoms with Gasteiger partial charge in [-0.3, -0.25) is 14.4 Å². The lowest BCUT2D eigenvalue weighted by atomic mass is 9.71. The maximum atomic E-state index is 13.5. The molecule has 1 spiro atoms. The number of halogens is 2. The monoisotopic (exact) mass is 473 g/mol. The molecule has 2 heterocycles. The second-order valence-corrected chi connectivity index (χ2v) is 9.66. The minimum absolute atomic E-state index is 0.0170. The highest BCUT2D eigenvalue weighted by Gasteiger charge is 2.51. The van der Waals surface area contributed by atoms with Crippen LogP contribution in [0.15, 0.2) is 24.5 Å². The average Bonchev–Trinajstić information content (AvgIpc) is 3.39. The Bertz CT molecular complexity index is 1120. The third-order valence-electron chi connectivity index (χ3n) is 7.28. The zero-order valence-electron chi connectivity index (χ0n) is 18.0. The summed E-state index contributed by atoms with van der Waals surface area (Å²) < 4.78 is 13.5. The molecule has 2 saturated carbocycles. The second-order valence-electron chi connectivity index (χ2n) is 9.25. The summed E-state index contributed by atoms with van der Waals surface area (Å²) in [4.78, 5) is 48.6. The number of imidazole rings is 1. The molecule has 2 aliphatic carbocycles. The Morgan fingerprint density at radius 2 is 1.88 bits per heavy atom. The lowest BCUT2D eigenvalue weighted by Crippen LogP contribution is -2.47. The van der Waals surface area contributed by atoms with Gasteiger partial charge in [0.15, 0.2) is 5.69 Å². The first-order valence-electron chi connectivity index (χ1n) is 11.2. The van der Waals surface area contributed by atoms with Crippen molar-refractivity contribution in [3.05, 3.63) is 46.8 Å². The summed E-state index contributed by atoms with van der Waals surface area (Å²) in [6.07, 6.45) is 6.56. The second kappa shape index (κ2) is 8.13. The molecule has 174 valence electrons. The molecule has 10 heteroatoms. The zero-order chi connectivity index (χ0) is 23.3. The van der Waals surface area contributed by atoms with Gasteiger partial charge in [0.05, 0.1) is 22.5 Å². The first kappa shape index (κ1) is 21.9. The number of carbonyl (C=O) groups is 3. The Balaban J connectivity index is 1.31. The van der Waals surface area contributed by atoms with E-state index < -0.39 is 17.1 Å². The van der Waals surface area contributed by atoms with E-state index >= 15 is 0 Å². The number of nitrogens with one attached hydrogen (secondary N) is 1. The Labute approximate surface area is 195 Å². The molecular weight excluding hydrogens is 449 g/mol. The fraction of sp³-hybridized carbons (Fsp3) is 0.478. The lowest BCUT2D eigenvalue weighted by molar-refractivity contribution is -0.127. The van der Waals surface area contributed by atoms with E-state index in [0.717, 1.165) is 12.8 Å². The summed E-state index contributed by atoms with van der Waals surface area (Å²) in [7, 11) is 0. The maximum Gasteiger partial charge on any atom is 0.273 e. The minimum atomic E-state index is -0.742. The minimum Gasteiger partial charge on any atom is -0.364 e. The number of primary amides is 1. The Kier molecular flexibility index (Phi) is 5.39. The van der Waals surface area contributed by atoms with Gasteiger partial charge in [0.2, 0.25) is 5.91 Å². The molecule has 3 aliphatic rings. The molecule has 3 fully saturated rings. The van der Waals surface area contributed by atoms with Crippen molar-refractivity contribution in [1.29, 1.82) is 0 Å². The predicted molar refractivity (Wildman–Crippen MR) is 119 cm³/mol. The van der Waals surface area contributed by atoms with Gasteiger partial charge in [0.1, 0.15) is 11.5 Å². The number of aromatic amines is 1. The number of carbonyl (C=O) groups excluding carboxylic acids is 3. The highest BCUT2D eigenvalue weighted by atomic mass is 35.5. The molecule has 0 unspecified atom stereocenters. The normalized spacial score (nSPS) is 25.0. The summed E-state index contributed by atoms with van der Waals surface area (Å²) in [5.74, 6) is -1.42. The third kappa shape index (κ3) is 3.78. The van der Waals surface area contributed by atoms with Gasteiger partial charge in [-0.2, -0.15) is 0 Å². The molecule has 1 aromatic heterocycles. The molecule has 1 saturated heterocycles. The molecular formula is C23H25ClFN5O3. The number of benzene rings is 1. The largest absolute Gasteiger partial charge is 0.364 e. The smallest absolute Gasteiger partial charge is 0.273 e. The molecule has 3 N–H and O–H groups in total. The van der Waals surface area contributed by atoms with Crippen molar-refractivity contribution >= 4 is 35.0 Å². The first-order chi connectivity index (χ1) is 15.8. The number of amides is 3. The van der Waals surface area contributed by atoms with Crippen LogP contribution >= 0.6 is 11.6 Å². The van der Waals surface area contributed by atoms with Gasteiger partial charge >= 0.3 is 0 Å². The van der Waals surface area contributed by atoms with E-state index in [9.17, 15) is 18.8 Å². The summed E-state index contributed by atoms with van der Waals surface area (Å²) in [5, 5.41) is 0.226. The molecule has 1 aliphatic heterocycles.